The van der Waals surface area contributed by atoms with Crippen molar-refractivity contribution in [2.45, 2.75) is 11.7 Å². The molecular weight excluding hydrogens is 518 g/mol. The number of benzene rings is 1. The van der Waals surface area contributed by atoms with E-state index in [-0.39, 0.29) is 28.6 Å². The van der Waals surface area contributed by atoms with Crippen molar-refractivity contribution < 1.29 is 31.8 Å². The lowest BCUT2D eigenvalue weighted by molar-refractivity contribution is -0.164. The van der Waals surface area contributed by atoms with Gasteiger partial charge >= 0.3 is 12.2 Å². The molecule has 0 radical (unpaired) electrons. The van der Waals surface area contributed by atoms with E-state index in [1.54, 1.807) is 4.90 Å². The van der Waals surface area contributed by atoms with Crippen LogP contribution >= 0.6 is 11.6 Å². The fourth-order valence-electron chi connectivity index (χ4n) is 4.75. The third-order valence-electron chi connectivity index (χ3n) is 6.51. The molecule has 1 aromatic carbocycles. The first-order valence-corrected chi connectivity index (χ1v) is 11.5. The molecule has 0 N–H and O–H groups in total. The Bertz CT molecular complexity index is 1410. The lowest BCUT2D eigenvalue weighted by Crippen LogP contribution is -2.72. The molecule has 2 aromatic heterocycles. The van der Waals surface area contributed by atoms with Crippen molar-refractivity contribution in [3.63, 3.8) is 0 Å². The van der Waals surface area contributed by atoms with E-state index in [1.807, 2.05) is 4.90 Å². The predicted octanol–water partition coefficient (Wildman–Crippen LogP) is 4.12. The number of amides is 1. The number of ether oxygens (including phenoxy) is 2. The van der Waals surface area contributed by atoms with Gasteiger partial charge in [-0.25, -0.2) is 4.39 Å². The fourth-order valence-corrected chi connectivity index (χ4v) is 5.03. The molecule has 0 aliphatic carbocycles. The van der Waals surface area contributed by atoms with Gasteiger partial charge in [0.1, 0.15) is 22.6 Å². The molecule has 5 rings (SSSR count). The van der Waals surface area contributed by atoms with Crippen LogP contribution in [0.2, 0.25) is 5.02 Å². The highest BCUT2D eigenvalue weighted by atomic mass is 35.5. The van der Waals surface area contributed by atoms with E-state index in [0.29, 0.717) is 32.8 Å². The van der Waals surface area contributed by atoms with Gasteiger partial charge < -0.3 is 19.3 Å². The zero-order valence-corrected chi connectivity index (χ0v) is 20.2. The van der Waals surface area contributed by atoms with Crippen molar-refractivity contribution in [1.29, 1.82) is 0 Å². The average molecular weight is 538 g/mol. The Morgan fingerprint density at radius 3 is 2.65 bits per heavy atom. The minimum absolute atomic E-state index is 0.177. The second-order valence-electron chi connectivity index (χ2n) is 8.71. The first-order chi connectivity index (χ1) is 17.6. The smallest absolute Gasteiger partial charge is 0.418 e. The number of carbonyl (C=O) groups excluding carboxylic acids is 1. The third kappa shape index (κ3) is 4.13. The number of piperazine rings is 1. The minimum Gasteiger partial charge on any atom is -0.467 e. The van der Waals surface area contributed by atoms with Crippen LogP contribution in [0.1, 0.15) is 5.56 Å². The molecule has 2 aliphatic heterocycles. The van der Waals surface area contributed by atoms with E-state index < -0.39 is 39.4 Å². The van der Waals surface area contributed by atoms with Gasteiger partial charge in [0.2, 0.25) is 5.91 Å². The lowest BCUT2D eigenvalue weighted by atomic mass is 9.91. The maximum atomic E-state index is 15.8. The van der Waals surface area contributed by atoms with Gasteiger partial charge in [-0.1, -0.05) is 30.3 Å². The Hall–Kier alpha value is -3.51. The lowest BCUT2D eigenvalue weighted by Gasteiger charge is -2.55. The van der Waals surface area contributed by atoms with Crippen molar-refractivity contribution >= 4 is 34.2 Å². The Morgan fingerprint density at radius 2 is 2.03 bits per heavy atom. The second kappa shape index (κ2) is 9.10. The van der Waals surface area contributed by atoms with E-state index in [4.69, 9.17) is 21.1 Å². The highest BCUT2D eigenvalue weighted by molar-refractivity contribution is 6.31. The van der Waals surface area contributed by atoms with Crippen LogP contribution in [0.15, 0.2) is 37.1 Å². The summed E-state index contributed by atoms with van der Waals surface area (Å²) in [7, 11) is 1.30. The van der Waals surface area contributed by atoms with Crippen LogP contribution in [0.4, 0.5) is 23.4 Å². The number of carbonyl (C=O) groups is 1. The van der Waals surface area contributed by atoms with Crippen molar-refractivity contribution in [2.24, 2.45) is 0 Å². The van der Waals surface area contributed by atoms with Crippen LogP contribution in [0.5, 0.6) is 6.01 Å². The van der Waals surface area contributed by atoms with Crippen molar-refractivity contribution in [3.05, 3.63) is 53.5 Å². The van der Waals surface area contributed by atoms with Crippen LogP contribution in [0.25, 0.3) is 22.2 Å². The molecule has 0 bridgehead atoms. The van der Waals surface area contributed by atoms with Crippen molar-refractivity contribution in [1.82, 2.24) is 19.9 Å². The number of pyridine rings is 1. The fraction of sp³-hybridized carbons (Fsp3) is 0.333. The standard InChI is InChI=1S/C24H20ClF4N5O3/c1-3-16(35)34-8-7-33(10-23(34)11-37-12-23)21-14-9-30-19(18(26)20(14)31-22(32-21)36-2)13-5-4-6-15(25)17(13)24(27,28)29/h3-6,9H,1,7-8,10-12H2,2H3. The molecule has 194 valence electrons. The molecule has 2 fully saturated rings. The highest BCUT2D eigenvalue weighted by Crippen LogP contribution is 2.43. The largest absolute Gasteiger partial charge is 0.467 e. The predicted molar refractivity (Wildman–Crippen MR) is 127 cm³/mol. The Kier molecular flexibility index (Phi) is 6.19. The summed E-state index contributed by atoms with van der Waals surface area (Å²) in [6.07, 6.45) is -2.37. The number of nitrogens with zero attached hydrogens (tertiary/aromatic N) is 5. The maximum Gasteiger partial charge on any atom is 0.418 e. The number of hydrogen-bond donors (Lipinski definition) is 0. The van der Waals surface area contributed by atoms with Gasteiger partial charge in [-0.15, -0.1) is 0 Å². The molecule has 37 heavy (non-hydrogen) atoms. The summed E-state index contributed by atoms with van der Waals surface area (Å²) in [6, 6.07) is 3.28. The Labute approximate surface area is 213 Å². The van der Waals surface area contributed by atoms with Crippen molar-refractivity contribution in [2.75, 3.05) is 44.9 Å². The summed E-state index contributed by atoms with van der Waals surface area (Å²) < 4.78 is 67.7. The number of hydrogen-bond acceptors (Lipinski definition) is 7. The van der Waals surface area contributed by atoms with Crippen LogP contribution in [0, 0.1) is 5.82 Å². The number of methoxy groups -OCH3 is 1. The molecule has 0 atom stereocenters. The van der Waals surface area contributed by atoms with Gasteiger partial charge in [-0.2, -0.15) is 23.1 Å². The molecule has 2 saturated heterocycles. The topological polar surface area (TPSA) is 80.7 Å². The number of fused-ring (bicyclic) bond motifs is 1. The molecule has 1 amide bonds. The number of anilines is 1. The number of rotatable bonds is 4. The molecule has 1 spiro atoms. The van der Waals surface area contributed by atoms with Crippen LogP contribution in [0.3, 0.4) is 0 Å². The third-order valence-corrected chi connectivity index (χ3v) is 6.83. The molecule has 0 saturated carbocycles. The summed E-state index contributed by atoms with van der Waals surface area (Å²) in [5.41, 5.74) is -3.15. The normalized spacial score (nSPS) is 17.1. The van der Waals surface area contributed by atoms with E-state index in [9.17, 15) is 18.0 Å². The monoisotopic (exact) mass is 537 g/mol. The summed E-state index contributed by atoms with van der Waals surface area (Å²) in [5.74, 6) is -1.03. The Morgan fingerprint density at radius 1 is 1.27 bits per heavy atom. The zero-order valence-electron chi connectivity index (χ0n) is 19.5. The summed E-state index contributed by atoms with van der Waals surface area (Å²) in [5, 5.41) is -0.399. The molecule has 3 aromatic rings. The van der Waals surface area contributed by atoms with Gasteiger partial charge in [0.25, 0.3) is 0 Å². The van der Waals surface area contributed by atoms with Crippen LogP contribution in [-0.4, -0.2) is 71.3 Å². The quantitative estimate of drug-likeness (QED) is 0.366. The number of alkyl halides is 3. The first kappa shape index (κ1) is 25.2. The Balaban J connectivity index is 1.64. The van der Waals surface area contributed by atoms with Crippen molar-refractivity contribution in [3.8, 4) is 17.3 Å². The second-order valence-corrected chi connectivity index (χ2v) is 9.12. The molecular formula is C24H20ClF4N5O3. The van der Waals surface area contributed by atoms with Crippen LogP contribution in [-0.2, 0) is 15.7 Å². The van der Waals surface area contributed by atoms with Gasteiger partial charge in [0.15, 0.2) is 5.82 Å². The number of halogens is 5. The van der Waals surface area contributed by atoms with E-state index in [1.165, 1.54) is 25.4 Å². The first-order valence-electron chi connectivity index (χ1n) is 11.1. The van der Waals surface area contributed by atoms with Crippen LogP contribution < -0.4 is 9.64 Å². The van der Waals surface area contributed by atoms with Gasteiger partial charge in [0.05, 0.1) is 36.3 Å². The van der Waals surface area contributed by atoms with E-state index in [0.717, 1.165) is 12.1 Å². The molecule has 4 heterocycles. The highest BCUT2D eigenvalue weighted by Gasteiger charge is 2.50. The molecule has 13 heteroatoms. The van der Waals surface area contributed by atoms with E-state index in [2.05, 4.69) is 21.5 Å². The maximum absolute atomic E-state index is 15.8. The summed E-state index contributed by atoms with van der Waals surface area (Å²) in [4.78, 5) is 28.5. The number of aromatic nitrogens is 3. The van der Waals surface area contributed by atoms with E-state index >= 15 is 4.39 Å². The van der Waals surface area contributed by atoms with Gasteiger partial charge in [0, 0.05) is 31.4 Å². The summed E-state index contributed by atoms with van der Waals surface area (Å²) in [6.45, 7) is 5.14. The van der Waals surface area contributed by atoms with Gasteiger partial charge in [-0.05, 0) is 12.1 Å². The molecule has 2 aliphatic rings. The summed E-state index contributed by atoms with van der Waals surface area (Å²) >= 11 is 5.83. The minimum atomic E-state index is -4.84. The SMILES string of the molecule is C=CC(=O)N1CCN(c2nc(OC)nc3c(F)c(-c4cccc(Cl)c4C(F)(F)F)ncc23)CC12COC2. The van der Waals surface area contributed by atoms with Gasteiger partial charge in [-0.3, -0.25) is 9.78 Å². The molecule has 0 unspecified atom stereocenters. The average Bonchev–Trinajstić information content (AvgIpc) is 2.85. The zero-order chi connectivity index (χ0) is 26.5. The molecule has 8 nitrogen and oxygen atoms in total.